The Hall–Kier alpha value is -1.88. The molecule has 1 aliphatic rings. The second-order valence-electron chi connectivity index (χ2n) is 9.60. The molecule has 0 N–H and O–H groups in total. The Balaban J connectivity index is 0.000000308. The molecule has 5 radical (unpaired) electrons. The predicted molar refractivity (Wildman–Crippen MR) is 168 cm³/mol. The minimum Gasteiger partial charge on any atom is -0.481 e. The van der Waals surface area contributed by atoms with E-state index in [-0.39, 0.29) is 18.3 Å². The van der Waals surface area contributed by atoms with Gasteiger partial charge in [-0.3, -0.25) is 0 Å². The third-order valence-corrected chi connectivity index (χ3v) is 7.75. The van der Waals surface area contributed by atoms with Crippen molar-refractivity contribution in [1.29, 1.82) is 0 Å². The van der Waals surface area contributed by atoms with Crippen molar-refractivity contribution in [3.05, 3.63) is 68.4 Å². The fourth-order valence-electron chi connectivity index (χ4n) is 3.00. The van der Waals surface area contributed by atoms with Gasteiger partial charge in [-0.15, -0.1) is 0 Å². The van der Waals surface area contributed by atoms with Gasteiger partial charge in [-0.25, -0.2) is 15.0 Å². The average Bonchev–Trinajstić information content (AvgIpc) is 3.10. The molecule has 0 aromatic carbocycles. The maximum absolute atomic E-state index is 12.2. The standard InChI is InChI=1S/C13H20BNO3.C7H8BrNO.C6H5BrFN.B3/c1-9-7-11(16-6)15-8-10(9)14-17-12(2,3)13(4,5)18-14;1-5-3-7(10-2)9-4-6(5)8;1-4-2-6(8)9-3-5(4)7;1-3-2/h7-8H,1-6H3;3-4H,1-2H3;2-3H,1H3;. The van der Waals surface area contributed by atoms with E-state index in [9.17, 15) is 4.39 Å². The highest BCUT2D eigenvalue weighted by atomic mass is 79.9. The van der Waals surface area contributed by atoms with Gasteiger partial charge in [0.05, 0.1) is 25.4 Å². The van der Waals surface area contributed by atoms with E-state index in [4.69, 9.17) is 18.8 Å². The Morgan fingerprint density at radius 2 is 1.18 bits per heavy atom. The molecule has 209 valence electrons. The van der Waals surface area contributed by atoms with E-state index < -0.39 is 5.95 Å². The molecule has 0 atom stereocenters. The van der Waals surface area contributed by atoms with Crippen LogP contribution in [0.3, 0.4) is 0 Å². The number of nitrogens with zero attached hydrogens (tertiary/aromatic N) is 3. The van der Waals surface area contributed by atoms with E-state index in [2.05, 4.69) is 62.3 Å². The van der Waals surface area contributed by atoms with Crippen molar-refractivity contribution < 1.29 is 23.2 Å². The minimum atomic E-state index is -0.435. The van der Waals surface area contributed by atoms with Gasteiger partial charge in [-0.2, -0.15) is 4.39 Å². The summed E-state index contributed by atoms with van der Waals surface area (Å²) in [6.07, 6.45) is 4.94. The Morgan fingerprint density at radius 1 is 0.775 bits per heavy atom. The molecule has 4 heterocycles. The van der Waals surface area contributed by atoms with E-state index in [0.29, 0.717) is 11.8 Å². The molecule has 4 rings (SSSR count). The molecule has 0 amide bonds. The highest BCUT2D eigenvalue weighted by molar-refractivity contribution is 9.10. The molecule has 1 aliphatic heterocycles. The summed E-state index contributed by atoms with van der Waals surface area (Å²) in [5.41, 5.74) is 3.35. The molecular formula is C26H33B4Br2FN3O4. The molecule has 7 nitrogen and oxygen atoms in total. The highest BCUT2D eigenvalue weighted by Crippen LogP contribution is 2.36. The summed E-state index contributed by atoms with van der Waals surface area (Å²) >= 11 is 6.54. The van der Waals surface area contributed by atoms with Gasteiger partial charge in [0.25, 0.3) is 0 Å². The lowest BCUT2D eigenvalue weighted by Gasteiger charge is -2.32. The fourth-order valence-corrected chi connectivity index (χ4v) is 3.43. The number of methoxy groups -OCH3 is 2. The molecule has 3 aromatic rings. The van der Waals surface area contributed by atoms with Crippen LogP contribution in [0.4, 0.5) is 4.39 Å². The lowest BCUT2D eigenvalue weighted by Crippen LogP contribution is -2.41. The van der Waals surface area contributed by atoms with E-state index in [0.717, 1.165) is 38.2 Å². The third kappa shape index (κ3) is 10.8. The number of halogens is 3. The maximum Gasteiger partial charge on any atom is 0.496 e. The summed E-state index contributed by atoms with van der Waals surface area (Å²) in [4.78, 5) is 11.6. The molecule has 0 aliphatic carbocycles. The monoisotopic (exact) mass is 672 g/mol. The van der Waals surface area contributed by atoms with Crippen LogP contribution < -0.4 is 14.9 Å². The fraction of sp³-hybridized carbons (Fsp3) is 0.423. The average molecular weight is 674 g/mol. The Bertz CT molecular complexity index is 1230. The molecule has 40 heavy (non-hydrogen) atoms. The number of aromatic nitrogens is 3. The first-order valence-corrected chi connectivity index (χ1v) is 13.8. The van der Waals surface area contributed by atoms with E-state index in [1.807, 2.05) is 60.6 Å². The molecule has 0 unspecified atom stereocenters. The zero-order valence-electron chi connectivity index (χ0n) is 24.4. The van der Waals surface area contributed by atoms with Crippen molar-refractivity contribution in [3.8, 4) is 11.8 Å². The predicted octanol–water partition coefficient (Wildman–Crippen LogP) is 5.01. The summed E-state index contributed by atoms with van der Waals surface area (Å²) in [5.74, 6) is 0.823. The number of aryl methyl sites for hydroxylation is 3. The van der Waals surface area contributed by atoms with Crippen LogP contribution in [-0.4, -0.2) is 70.0 Å². The van der Waals surface area contributed by atoms with E-state index in [1.54, 1.807) is 26.6 Å². The zero-order valence-corrected chi connectivity index (χ0v) is 27.6. The lowest BCUT2D eigenvalue weighted by atomic mass is 9.40. The van der Waals surface area contributed by atoms with Crippen molar-refractivity contribution >= 4 is 67.0 Å². The summed E-state index contributed by atoms with van der Waals surface area (Å²) in [6.45, 7) is 14.0. The van der Waals surface area contributed by atoms with Crippen LogP contribution in [0.25, 0.3) is 0 Å². The first kappa shape index (κ1) is 36.1. The van der Waals surface area contributed by atoms with E-state index in [1.165, 1.54) is 12.3 Å². The van der Waals surface area contributed by atoms with Crippen LogP contribution >= 0.6 is 31.9 Å². The molecule has 0 bridgehead atoms. The van der Waals surface area contributed by atoms with Gasteiger partial charge in [0.1, 0.15) is 0 Å². The normalized spacial score (nSPS) is 14.3. The van der Waals surface area contributed by atoms with Gasteiger partial charge in [0, 0.05) is 67.7 Å². The van der Waals surface area contributed by atoms with Gasteiger partial charge >= 0.3 is 7.12 Å². The molecule has 0 spiro atoms. The topological polar surface area (TPSA) is 75.6 Å². The van der Waals surface area contributed by atoms with Crippen molar-refractivity contribution in [2.75, 3.05) is 14.2 Å². The van der Waals surface area contributed by atoms with Crippen LogP contribution in [0.15, 0.2) is 45.7 Å². The SMILES string of the molecule is COc1cc(C)c(B2OC(C)(C)C(C)(C)O2)cn1.COc1cc(C)c(Br)cn1.Cc1cc(F)ncc1Br.[B][B][B]. The van der Waals surface area contributed by atoms with Crippen molar-refractivity contribution in [2.24, 2.45) is 0 Å². The molecule has 1 saturated heterocycles. The van der Waals surface area contributed by atoms with Gasteiger partial charge in [0.2, 0.25) is 17.7 Å². The van der Waals surface area contributed by atoms with Crippen molar-refractivity contribution in [3.63, 3.8) is 0 Å². The third-order valence-electron chi connectivity index (χ3n) is 6.09. The molecule has 0 saturated carbocycles. The molecule has 14 heteroatoms. The van der Waals surface area contributed by atoms with Crippen LogP contribution in [0.5, 0.6) is 11.8 Å². The molecule has 3 aromatic heterocycles. The first-order chi connectivity index (χ1) is 18.6. The number of pyridine rings is 3. The number of ether oxygens (including phenoxy) is 2. The summed E-state index contributed by atoms with van der Waals surface area (Å²) in [5, 5.41) is 0. The van der Waals surface area contributed by atoms with Gasteiger partial charge < -0.3 is 18.8 Å². The van der Waals surface area contributed by atoms with Crippen molar-refractivity contribution in [2.45, 2.75) is 59.7 Å². The molecular weight excluding hydrogens is 640 g/mol. The summed E-state index contributed by atoms with van der Waals surface area (Å²) in [6, 6.07) is 5.15. The van der Waals surface area contributed by atoms with Crippen LogP contribution in [0.1, 0.15) is 44.4 Å². The van der Waals surface area contributed by atoms with Crippen LogP contribution in [0, 0.1) is 26.7 Å². The first-order valence-electron chi connectivity index (χ1n) is 12.2. The second kappa shape index (κ2) is 16.5. The number of hydrogen-bond acceptors (Lipinski definition) is 7. The van der Waals surface area contributed by atoms with E-state index >= 15 is 0 Å². The lowest BCUT2D eigenvalue weighted by molar-refractivity contribution is 0.00578. The second-order valence-corrected chi connectivity index (χ2v) is 11.3. The molecule has 1 fully saturated rings. The Kier molecular flexibility index (Phi) is 14.9. The van der Waals surface area contributed by atoms with Crippen LogP contribution in [0.2, 0.25) is 0 Å². The number of hydrogen-bond donors (Lipinski definition) is 0. The summed E-state index contributed by atoms with van der Waals surface area (Å²) in [7, 11) is 12.8. The van der Waals surface area contributed by atoms with Crippen LogP contribution in [-0.2, 0) is 9.31 Å². The summed E-state index contributed by atoms with van der Waals surface area (Å²) < 4.78 is 36.1. The quantitative estimate of drug-likeness (QED) is 0.286. The van der Waals surface area contributed by atoms with Gasteiger partial charge in [-0.05, 0) is 103 Å². The largest absolute Gasteiger partial charge is 0.496 e. The minimum absolute atomic E-state index is 0.329. The smallest absolute Gasteiger partial charge is 0.481 e. The zero-order chi connectivity index (χ0) is 30.7. The maximum atomic E-state index is 12.2. The Morgan fingerprint density at radius 3 is 1.55 bits per heavy atom. The number of rotatable bonds is 3. The van der Waals surface area contributed by atoms with Gasteiger partial charge in [0.15, 0.2) is 0 Å². The van der Waals surface area contributed by atoms with Crippen molar-refractivity contribution in [1.82, 2.24) is 15.0 Å². The van der Waals surface area contributed by atoms with Gasteiger partial charge in [-0.1, -0.05) is 0 Å². The Labute approximate surface area is 258 Å². The highest BCUT2D eigenvalue weighted by Gasteiger charge is 2.52.